The van der Waals surface area contributed by atoms with Crippen molar-refractivity contribution in [1.82, 2.24) is 0 Å². The highest BCUT2D eigenvalue weighted by atomic mass is 19.1. The number of benzene rings is 2. The molecule has 42 heavy (non-hydrogen) atoms. The second-order valence-corrected chi connectivity index (χ2v) is 11.4. The van der Waals surface area contributed by atoms with Crippen molar-refractivity contribution in [3.8, 4) is 17.2 Å². The fourth-order valence-electron chi connectivity index (χ4n) is 5.08. The molecule has 0 amide bonds. The minimum Gasteiger partial charge on any atom is -0.494 e. The number of hydrogen-bond acceptors (Lipinski definition) is 6. The van der Waals surface area contributed by atoms with Crippen LogP contribution in [-0.4, -0.2) is 37.4 Å². The van der Waals surface area contributed by atoms with Crippen LogP contribution in [0.4, 0.5) is 4.39 Å². The predicted octanol–water partition coefficient (Wildman–Crippen LogP) is 9.04. The van der Waals surface area contributed by atoms with Gasteiger partial charge in [-0.2, -0.15) is 0 Å². The summed E-state index contributed by atoms with van der Waals surface area (Å²) < 4.78 is 36.5. The lowest BCUT2D eigenvalue weighted by Gasteiger charge is -2.28. The van der Waals surface area contributed by atoms with Crippen LogP contribution in [0, 0.1) is 5.92 Å². The van der Waals surface area contributed by atoms with Crippen molar-refractivity contribution < 1.29 is 32.9 Å². The summed E-state index contributed by atoms with van der Waals surface area (Å²) in [4.78, 5) is 24.5. The Bertz CT molecular complexity index is 1030. The average Bonchev–Trinajstić information content (AvgIpc) is 3.01. The van der Waals surface area contributed by atoms with Crippen molar-refractivity contribution in [1.29, 1.82) is 0 Å². The molecule has 2 aromatic carbocycles. The molecule has 0 unspecified atom stereocenters. The summed E-state index contributed by atoms with van der Waals surface area (Å²) in [6.07, 6.45) is 11.9. The topological polar surface area (TPSA) is 71.1 Å². The van der Waals surface area contributed by atoms with Crippen LogP contribution in [0.1, 0.15) is 114 Å². The highest BCUT2D eigenvalue weighted by Crippen LogP contribution is 2.28. The molecule has 1 saturated carbocycles. The number of unbranched alkanes of at least 4 members (excludes halogenated alkanes) is 7. The highest BCUT2D eigenvalue weighted by Gasteiger charge is 2.27. The molecule has 1 aliphatic carbocycles. The first-order valence-electron chi connectivity index (χ1n) is 16.0. The third-order valence-electron chi connectivity index (χ3n) is 7.77. The summed E-state index contributed by atoms with van der Waals surface area (Å²) in [6, 6.07) is 14.1. The summed E-state index contributed by atoms with van der Waals surface area (Å²) in [5, 5.41) is 0. The van der Waals surface area contributed by atoms with E-state index in [9.17, 15) is 14.0 Å². The number of halogens is 1. The molecule has 0 N–H and O–H groups in total. The molecule has 0 heterocycles. The Balaban J connectivity index is 1.31. The molecular weight excluding hydrogens is 535 g/mol. The molecule has 3 rings (SSSR count). The maximum absolute atomic E-state index is 13.9. The first kappa shape index (κ1) is 33.4. The van der Waals surface area contributed by atoms with E-state index in [4.69, 9.17) is 18.9 Å². The van der Waals surface area contributed by atoms with Crippen LogP contribution in [0.25, 0.3) is 0 Å². The molecule has 0 bridgehead atoms. The zero-order valence-corrected chi connectivity index (χ0v) is 25.5. The van der Waals surface area contributed by atoms with Crippen molar-refractivity contribution in [2.75, 3.05) is 13.2 Å². The minimum atomic E-state index is -1.52. The van der Waals surface area contributed by atoms with Crippen molar-refractivity contribution in [2.24, 2.45) is 5.92 Å². The van der Waals surface area contributed by atoms with Gasteiger partial charge in [0.1, 0.15) is 23.4 Å². The predicted molar refractivity (Wildman–Crippen MR) is 163 cm³/mol. The Kier molecular flexibility index (Phi) is 15.2. The van der Waals surface area contributed by atoms with Gasteiger partial charge in [0.25, 0.3) is 0 Å². The zero-order chi connectivity index (χ0) is 30.0. The van der Waals surface area contributed by atoms with Crippen LogP contribution in [0.3, 0.4) is 0 Å². The van der Waals surface area contributed by atoms with Crippen molar-refractivity contribution in [2.45, 2.75) is 116 Å². The molecule has 1 atom stereocenters. The SMILES string of the molecule is CCCCCCCCCOc1ccc(C(=O)Oc2ccc(OCC3CCC(OC(=O)[C@@H](F)CCCC)CC3)cc2)cc1. The maximum Gasteiger partial charge on any atom is 0.343 e. The van der Waals surface area contributed by atoms with Gasteiger partial charge in [0.15, 0.2) is 6.17 Å². The van der Waals surface area contributed by atoms with E-state index in [1.165, 1.54) is 38.5 Å². The van der Waals surface area contributed by atoms with E-state index in [0.29, 0.717) is 42.6 Å². The second kappa shape index (κ2) is 19.2. The molecule has 7 heteroatoms. The number of ether oxygens (including phenoxy) is 4. The Morgan fingerprint density at radius 1 is 0.738 bits per heavy atom. The molecule has 2 aromatic rings. The Morgan fingerprint density at radius 2 is 1.31 bits per heavy atom. The van der Waals surface area contributed by atoms with Gasteiger partial charge in [-0.15, -0.1) is 0 Å². The van der Waals surface area contributed by atoms with E-state index >= 15 is 0 Å². The Hall–Kier alpha value is -3.09. The smallest absolute Gasteiger partial charge is 0.343 e. The molecule has 0 saturated heterocycles. The highest BCUT2D eigenvalue weighted by molar-refractivity contribution is 5.91. The van der Waals surface area contributed by atoms with E-state index in [1.807, 2.05) is 6.92 Å². The van der Waals surface area contributed by atoms with Crippen molar-refractivity contribution >= 4 is 11.9 Å². The first-order chi connectivity index (χ1) is 20.5. The van der Waals surface area contributed by atoms with Crippen LogP contribution in [-0.2, 0) is 9.53 Å². The standard InChI is InChI=1S/C35H49FO6/c1-3-5-7-8-9-10-11-25-39-29-19-15-28(16-20-29)34(37)41-32-23-21-30(22-24-32)40-26-27-13-17-31(18-14-27)42-35(38)33(36)12-6-4-2/h15-16,19-24,27,31,33H,3-14,17-18,25-26H2,1-2H3/t27?,31?,33-/m0/s1. The molecule has 232 valence electrons. The molecule has 0 radical (unpaired) electrons. The lowest BCUT2D eigenvalue weighted by atomic mass is 9.88. The molecule has 1 aliphatic rings. The summed E-state index contributed by atoms with van der Waals surface area (Å²) in [5.74, 6) is 1.10. The maximum atomic E-state index is 13.9. The summed E-state index contributed by atoms with van der Waals surface area (Å²) in [7, 11) is 0. The fraction of sp³-hybridized carbons (Fsp3) is 0.600. The number of carbonyl (C=O) groups excluding carboxylic acids is 2. The monoisotopic (exact) mass is 584 g/mol. The van der Waals surface area contributed by atoms with E-state index in [2.05, 4.69) is 6.92 Å². The van der Waals surface area contributed by atoms with Crippen LogP contribution in [0.2, 0.25) is 0 Å². The van der Waals surface area contributed by atoms with E-state index in [-0.39, 0.29) is 12.5 Å². The fourth-order valence-corrected chi connectivity index (χ4v) is 5.08. The van der Waals surface area contributed by atoms with Gasteiger partial charge in [-0.1, -0.05) is 65.2 Å². The molecule has 0 spiro atoms. The lowest BCUT2D eigenvalue weighted by Crippen LogP contribution is -2.30. The molecule has 0 aromatic heterocycles. The van der Waals surface area contributed by atoms with Gasteiger partial charge in [-0.25, -0.2) is 14.0 Å². The van der Waals surface area contributed by atoms with E-state index < -0.39 is 18.1 Å². The molecule has 1 fully saturated rings. The Morgan fingerprint density at radius 3 is 1.98 bits per heavy atom. The van der Waals surface area contributed by atoms with Crippen LogP contribution in [0.5, 0.6) is 17.2 Å². The molecular formula is C35H49FO6. The van der Waals surface area contributed by atoms with Crippen LogP contribution < -0.4 is 14.2 Å². The first-order valence-corrected chi connectivity index (χ1v) is 16.0. The third kappa shape index (κ3) is 12.4. The van der Waals surface area contributed by atoms with E-state index in [0.717, 1.165) is 44.3 Å². The van der Waals surface area contributed by atoms with Crippen LogP contribution in [0.15, 0.2) is 48.5 Å². The third-order valence-corrected chi connectivity index (χ3v) is 7.77. The lowest BCUT2D eigenvalue weighted by molar-refractivity contribution is -0.157. The summed E-state index contributed by atoms with van der Waals surface area (Å²) in [5.41, 5.74) is 0.461. The van der Waals surface area contributed by atoms with Gasteiger partial charge in [0.2, 0.25) is 0 Å². The number of hydrogen-bond donors (Lipinski definition) is 0. The van der Waals surface area contributed by atoms with Gasteiger partial charge >= 0.3 is 11.9 Å². The van der Waals surface area contributed by atoms with Gasteiger partial charge in [0, 0.05) is 0 Å². The van der Waals surface area contributed by atoms with Gasteiger partial charge in [0.05, 0.1) is 18.8 Å². The minimum absolute atomic E-state index is 0.207. The quantitative estimate of drug-likeness (QED) is 0.0932. The normalized spacial score (nSPS) is 17.3. The molecule has 6 nitrogen and oxygen atoms in total. The Labute approximate surface area is 251 Å². The number of rotatable bonds is 19. The number of carbonyl (C=O) groups is 2. The average molecular weight is 585 g/mol. The van der Waals surface area contributed by atoms with E-state index in [1.54, 1.807) is 48.5 Å². The largest absolute Gasteiger partial charge is 0.494 e. The second-order valence-electron chi connectivity index (χ2n) is 11.4. The van der Waals surface area contributed by atoms with Gasteiger partial charge in [-0.05, 0) is 93.0 Å². The van der Waals surface area contributed by atoms with Crippen LogP contribution >= 0.6 is 0 Å². The number of alkyl halides is 1. The van der Waals surface area contributed by atoms with Crippen molar-refractivity contribution in [3.63, 3.8) is 0 Å². The zero-order valence-electron chi connectivity index (χ0n) is 25.5. The van der Waals surface area contributed by atoms with Gasteiger partial charge < -0.3 is 18.9 Å². The summed E-state index contributed by atoms with van der Waals surface area (Å²) >= 11 is 0. The van der Waals surface area contributed by atoms with Crippen molar-refractivity contribution in [3.05, 3.63) is 54.1 Å². The molecule has 0 aliphatic heterocycles. The number of esters is 2. The van der Waals surface area contributed by atoms with Gasteiger partial charge in [-0.3, -0.25) is 0 Å². The summed E-state index contributed by atoms with van der Waals surface area (Å²) in [6.45, 7) is 5.43.